The molecule has 1 aromatic heterocycles. The highest BCUT2D eigenvalue weighted by Gasteiger charge is 2.33. The van der Waals surface area contributed by atoms with Crippen LogP contribution >= 0.6 is 11.3 Å². The molecule has 1 saturated heterocycles. The molecule has 28 heavy (non-hydrogen) atoms. The van der Waals surface area contributed by atoms with Crippen molar-refractivity contribution in [1.82, 2.24) is 15.1 Å². The molecule has 3 heterocycles. The number of carbonyl (C=O) groups is 1. The van der Waals surface area contributed by atoms with Crippen molar-refractivity contribution in [3.63, 3.8) is 0 Å². The van der Waals surface area contributed by atoms with Crippen molar-refractivity contribution in [2.75, 3.05) is 39.8 Å². The Kier molecular flexibility index (Phi) is 6.45. The molecule has 2 aliphatic rings. The van der Waals surface area contributed by atoms with Crippen LogP contribution in [0.3, 0.4) is 0 Å². The largest absolute Gasteiger partial charge is 0.330 e. The van der Waals surface area contributed by atoms with E-state index in [1.807, 2.05) is 24.5 Å². The van der Waals surface area contributed by atoms with E-state index in [9.17, 15) is 4.79 Å². The third kappa shape index (κ3) is 4.32. The molecular formula is C23H31N3OS. The Balaban J connectivity index is 1.43. The van der Waals surface area contributed by atoms with Gasteiger partial charge in [0.05, 0.1) is 12.6 Å². The van der Waals surface area contributed by atoms with Gasteiger partial charge in [-0.3, -0.25) is 9.69 Å². The molecule has 2 aromatic rings. The predicted molar refractivity (Wildman–Crippen MR) is 116 cm³/mol. The lowest BCUT2D eigenvalue weighted by atomic mass is 9.92. The summed E-state index contributed by atoms with van der Waals surface area (Å²) in [6.07, 6.45) is 4.66. The highest BCUT2D eigenvalue weighted by atomic mass is 32.1. The van der Waals surface area contributed by atoms with E-state index in [2.05, 4.69) is 50.8 Å². The second kappa shape index (κ2) is 9.21. The molecule has 4 rings (SSSR count). The Labute approximate surface area is 172 Å². The maximum atomic E-state index is 13.3. The molecule has 1 atom stereocenters. The molecule has 2 aliphatic heterocycles. The van der Waals surface area contributed by atoms with E-state index in [1.165, 1.54) is 35.3 Å². The molecule has 150 valence electrons. The maximum Gasteiger partial charge on any atom is 0.237 e. The number of hydrogen-bond acceptors (Lipinski definition) is 4. The van der Waals surface area contributed by atoms with Crippen molar-refractivity contribution in [2.45, 2.75) is 31.7 Å². The van der Waals surface area contributed by atoms with E-state index in [0.29, 0.717) is 6.54 Å². The first-order valence-electron chi connectivity index (χ1n) is 10.5. The summed E-state index contributed by atoms with van der Waals surface area (Å²) in [7, 11) is 2.02. The summed E-state index contributed by atoms with van der Waals surface area (Å²) in [6, 6.07) is 12.8. The van der Waals surface area contributed by atoms with Crippen molar-refractivity contribution in [1.29, 1.82) is 0 Å². The van der Waals surface area contributed by atoms with Crippen molar-refractivity contribution in [2.24, 2.45) is 5.92 Å². The normalized spacial score (nSPS) is 20.9. The van der Waals surface area contributed by atoms with Gasteiger partial charge in [0.25, 0.3) is 0 Å². The quantitative estimate of drug-likeness (QED) is 0.810. The number of hydrogen-bond donors (Lipinski definition) is 1. The van der Waals surface area contributed by atoms with Gasteiger partial charge in [-0.2, -0.15) is 0 Å². The predicted octanol–water partition coefficient (Wildman–Crippen LogP) is 3.54. The first-order chi connectivity index (χ1) is 13.8. The van der Waals surface area contributed by atoms with E-state index in [4.69, 9.17) is 0 Å². The minimum atomic E-state index is 0.0665. The molecule has 1 fully saturated rings. The van der Waals surface area contributed by atoms with Crippen molar-refractivity contribution >= 4 is 17.2 Å². The molecule has 1 aromatic carbocycles. The van der Waals surface area contributed by atoms with Crippen molar-refractivity contribution < 1.29 is 4.79 Å². The third-order valence-electron chi connectivity index (χ3n) is 6.27. The zero-order valence-corrected chi connectivity index (χ0v) is 17.6. The van der Waals surface area contributed by atoms with Crippen LogP contribution in [0.15, 0.2) is 41.8 Å². The van der Waals surface area contributed by atoms with Crippen LogP contribution < -0.4 is 5.32 Å². The molecule has 0 spiro atoms. The second-order valence-electron chi connectivity index (χ2n) is 8.06. The zero-order valence-electron chi connectivity index (χ0n) is 16.8. The molecule has 0 bridgehead atoms. The van der Waals surface area contributed by atoms with Gasteiger partial charge in [-0.15, -0.1) is 11.3 Å². The van der Waals surface area contributed by atoms with E-state index < -0.39 is 0 Å². The van der Waals surface area contributed by atoms with Gasteiger partial charge >= 0.3 is 0 Å². The average Bonchev–Trinajstić information content (AvgIpc) is 3.22. The summed E-state index contributed by atoms with van der Waals surface area (Å²) in [4.78, 5) is 19.2. The number of carbonyl (C=O) groups excluding carboxylic acids is 1. The van der Waals surface area contributed by atoms with Crippen LogP contribution in [0.4, 0.5) is 0 Å². The van der Waals surface area contributed by atoms with Crippen LogP contribution in [0.25, 0.3) is 0 Å². The van der Waals surface area contributed by atoms with E-state index in [-0.39, 0.29) is 11.9 Å². The fourth-order valence-electron chi connectivity index (χ4n) is 4.64. The molecule has 0 aliphatic carbocycles. The number of fused-ring (bicyclic) bond motifs is 1. The Morgan fingerprint density at radius 1 is 1.14 bits per heavy atom. The summed E-state index contributed by atoms with van der Waals surface area (Å²) in [6.45, 7) is 4.58. The standard InChI is InChI=1S/C23H31N3OS/c1-24-12-7-18-8-13-25(14-9-18)17-22(27)26-15-10-21-20(11-16-28-21)23(26)19-5-3-2-4-6-19/h2-6,11,16,18,23-24H,7-10,12-15,17H2,1H3. The lowest BCUT2D eigenvalue weighted by Crippen LogP contribution is -2.47. The zero-order chi connectivity index (χ0) is 19.3. The average molecular weight is 398 g/mol. The third-order valence-corrected chi connectivity index (χ3v) is 7.27. The Bertz CT molecular complexity index is 767. The van der Waals surface area contributed by atoms with Crippen LogP contribution in [0.1, 0.15) is 41.3 Å². The number of likely N-dealkylation sites (tertiary alicyclic amines) is 1. The molecule has 1 unspecified atom stereocenters. The van der Waals surface area contributed by atoms with Crippen LogP contribution in [0, 0.1) is 5.92 Å². The van der Waals surface area contributed by atoms with Gasteiger partial charge in [0, 0.05) is 11.4 Å². The van der Waals surface area contributed by atoms with Crippen LogP contribution in [-0.2, 0) is 11.2 Å². The van der Waals surface area contributed by atoms with E-state index in [0.717, 1.165) is 38.5 Å². The lowest BCUT2D eigenvalue weighted by Gasteiger charge is -2.38. The summed E-state index contributed by atoms with van der Waals surface area (Å²) >= 11 is 1.83. The number of piperidine rings is 1. The molecule has 5 heteroatoms. The molecule has 0 radical (unpaired) electrons. The van der Waals surface area contributed by atoms with Gasteiger partial charge in [0.15, 0.2) is 0 Å². The van der Waals surface area contributed by atoms with Crippen molar-refractivity contribution in [3.05, 3.63) is 57.8 Å². The Morgan fingerprint density at radius 3 is 2.68 bits per heavy atom. The summed E-state index contributed by atoms with van der Waals surface area (Å²) in [5.41, 5.74) is 2.54. The molecular weight excluding hydrogens is 366 g/mol. The number of benzene rings is 1. The maximum absolute atomic E-state index is 13.3. The van der Waals surface area contributed by atoms with Gasteiger partial charge in [0.2, 0.25) is 5.91 Å². The fourth-order valence-corrected chi connectivity index (χ4v) is 5.55. The van der Waals surface area contributed by atoms with E-state index in [1.54, 1.807) is 0 Å². The summed E-state index contributed by atoms with van der Waals surface area (Å²) < 4.78 is 0. The first-order valence-corrected chi connectivity index (χ1v) is 11.4. The Morgan fingerprint density at radius 2 is 1.93 bits per heavy atom. The van der Waals surface area contributed by atoms with Gasteiger partial charge < -0.3 is 10.2 Å². The molecule has 1 N–H and O–H groups in total. The summed E-state index contributed by atoms with van der Waals surface area (Å²) in [5.74, 6) is 1.08. The number of rotatable bonds is 6. The van der Waals surface area contributed by atoms with Crippen LogP contribution in [0.2, 0.25) is 0 Å². The number of thiophene rings is 1. The van der Waals surface area contributed by atoms with Gasteiger partial charge in [0.1, 0.15) is 0 Å². The van der Waals surface area contributed by atoms with Crippen LogP contribution in [0.5, 0.6) is 0 Å². The van der Waals surface area contributed by atoms with Gasteiger partial charge in [-0.25, -0.2) is 0 Å². The monoisotopic (exact) mass is 397 g/mol. The first kappa shape index (κ1) is 19.6. The minimum Gasteiger partial charge on any atom is -0.330 e. The molecule has 4 nitrogen and oxygen atoms in total. The molecule has 1 amide bonds. The molecule has 0 saturated carbocycles. The van der Waals surface area contributed by atoms with Crippen molar-refractivity contribution in [3.8, 4) is 0 Å². The number of amides is 1. The SMILES string of the molecule is CNCCC1CCN(CC(=O)N2CCc3sccc3C2c2ccccc2)CC1. The Hall–Kier alpha value is -1.69. The lowest BCUT2D eigenvalue weighted by molar-refractivity contribution is -0.134. The smallest absolute Gasteiger partial charge is 0.237 e. The minimum absolute atomic E-state index is 0.0665. The fraction of sp³-hybridized carbons (Fsp3) is 0.522. The van der Waals surface area contributed by atoms with Crippen LogP contribution in [-0.4, -0.2) is 55.5 Å². The van der Waals surface area contributed by atoms with Gasteiger partial charge in [-0.1, -0.05) is 30.3 Å². The number of nitrogens with zero attached hydrogens (tertiary/aromatic N) is 2. The van der Waals surface area contributed by atoms with Gasteiger partial charge in [-0.05, 0) is 80.9 Å². The summed E-state index contributed by atoms with van der Waals surface area (Å²) in [5, 5.41) is 5.43. The van der Waals surface area contributed by atoms with E-state index >= 15 is 0 Å². The highest BCUT2D eigenvalue weighted by molar-refractivity contribution is 7.10. The topological polar surface area (TPSA) is 35.6 Å². The number of nitrogens with one attached hydrogen (secondary N) is 1. The second-order valence-corrected chi connectivity index (χ2v) is 9.06. The highest BCUT2D eigenvalue weighted by Crippen LogP contribution is 2.37.